The van der Waals surface area contributed by atoms with Crippen LogP contribution in [0.4, 0.5) is 5.69 Å². The van der Waals surface area contributed by atoms with E-state index in [1.165, 1.54) is 32.2 Å². The second-order valence-electron chi connectivity index (χ2n) is 6.39. The number of hydrogen-bond donors (Lipinski definition) is 2. The predicted molar refractivity (Wildman–Crippen MR) is 99.0 cm³/mol. The zero-order valence-electron chi connectivity index (χ0n) is 16.0. The molecular formula is C19H22N2O7. The molecule has 0 aromatic heterocycles. The highest BCUT2D eigenvalue weighted by Gasteiger charge is 2.40. The minimum absolute atomic E-state index is 0.0425. The summed E-state index contributed by atoms with van der Waals surface area (Å²) in [5.74, 6) is -2.57. The number of aliphatic hydroxyl groups is 1. The normalized spacial score (nSPS) is 17.7. The Balaban J connectivity index is 2.69. The number of esters is 2. The molecule has 1 heterocycles. The van der Waals surface area contributed by atoms with E-state index in [0.29, 0.717) is 11.4 Å². The van der Waals surface area contributed by atoms with Crippen LogP contribution in [-0.2, 0) is 19.1 Å². The second-order valence-corrected chi connectivity index (χ2v) is 6.39. The van der Waals surface area contributed by atoms with Gasteiger partial charge in [0.1, 0.15) is 6.61 Å². The van der Waals surface area contributed by atoms with Gasteiger partial charge < -0.3 is 19.9 Å². The maximum Gasteiger partial charge on any atom is 0.336 e. The molecule has 1 aliphatic heterocycles. The lowest BCUT2D eigenvalue weighted by atomic mass is 9.79. The van der Waals surface area contributed by atoms with Gasteiger partial charge in [-0.05, 0) is 20.8 Å². The number of hydrogen-bond acceptors (Lipinski definition) is 8. The van der Waals surface area contributed by atoms with Crippen LogP contribution in [0.1, 0.15) is 32.3 Å². The molecule has 0 spiro atoms. The summed E-state index contributed by atoms with van der Waals surface area (Å²) in [7, 11) is 1.19. The van der Waals surface area contributed by atoms with E-state index in [1.54, 1.807) is 19.9 Å². The van der Waals surface area contributed by atoms with Crippen LogP contribution in [0.25, 0.3) is 0 Å². The Kier molecular flexibility index (Phi) is 6.53. The molecule has 2 N–H and O–H groups in total. The predicted octanol–water partition coefficient (Wildman–Crippen LogP) is 1.93. The number of aliphatic hydroxyl groups excluding tert-OH is 1. The maximum absolute atomic E-state index is 12.8. The molecule has 150 valence electrons. The van der Waals surface area contributed by atoms with E-state index in [2.05, 4.69) is 5.32 Å². The monoisotopic (exact) mass is 390 g/mol. The van der Waals surface area contributed by atoms with Crippen LogP contribution in [0.15, 0.2) is 46.8 Å². The van der Waals surface area contributed by atoms with Gasteiger partial charge >= 0.3 is 11.9 Å². The Morgan fingerprint density at radius 2 is 1.79 bits per heavy atom. The third-order valence-corrected chi connectivity index (χ3v) is 4.29. The lowest BCUT2D eigenvalue weighted by Crippen LogP contribution is -2.33. The van der Waals surface area contributed by atoms with E-state index in [0.717, 1.165) is 0 Å². The van der Waals surface area contributed by atoms with Crippen molar-refractivity contribution < 1.29 is 29.1 Å². The largest absolute Gasteiger partial charge is 0.466 e. The van der Waals surface area contributed by atoms with Crippen molar-refractivity contribution in [1.29, 1.82) is 0 Å². The fourth-order valence-corrected chi connectivity index (χ4v) is 3.13. The van der Waals surface area contributed by atoms with Gasteiger partial charge in [-0.15, -0.1) is 0 Å². The molecule has 1 aromatic rings. The highest BCUT2D eigenvalue weighted by molar-refractivity contribution is 6.00. The third kappa shape index (κ3) is 4.20. The fourth-order valence-electron chi connectivity index (χ4n) is 3.13. The fraction of sp³-hybridized carbons (Fsp3) is 0.368. The summed E-state index contributed by atoms with van der Waals surface area (Å²) in [5.41, 5.74) is 0.852. The van der Waals surface area contributed by atoms with Gasteiger partial charge in [-0.3, -0.25) is 10.1 Å². The second kappa shape index (κ2) is 8.66. The van der Waals surface area contributed by atoms with Crippen molar-refractivity contribution in [3.05, 3.63) is 62.5 Å². The molecule has 2 atom stereocenters. The molecule has 0 fully saturated rings. The van der Waals surface area contributed by atoms with Gasteiger partial charge in [-0.1, -0.05) is 18.2 Å². The number of dihydropyridines is 1. The van der Waals surface area contributed by atoms with Crippen LogP contribution >= 0.6 is 0 Å². The van der Waals surface area contributed by atoms with E-state index in [9.17, 15) is 24.8 Å². The molecule has 1 aromatic carbocycles. The first-order valence-electron chi connectivity index (χ1n) is 8.54. The minimum Gasteiger partial charge on any atom is -0.466 e. The van der Waals surface area contributed by atoms with Crippen LogP contribution in [0, 0.1) is 10.1 Å². The summed E-state index contributed by atoms with van der Waals surface area (Å²) in [6.45, 7) is 4.43. The molecule has 0 bridgehead atoms. The van der Waals surface area contributed by atoms with E-state index >= 15 is 0 Å². The van der Waals surface area contributed by atoms with Crippen LogP contribution in [-0.4, -0.2) is 41.8 Å². The van der Waals surface area contributed by atoms with Crippen LogP contribution < -0.4 is 5.32 Å². The number of benzene rings is 1. The van der Waals surface area contributed by atoms with E-state index in [1.807, 2.05) is 0 Å². The van der Waals surface area contributed by atoms with Gasteiger partial charge in [0.2, 0.25) is 0 Å². The minimum atomic E-state index is -1.06. The summed E-state index contributed by atoms with van der Waals surface area (Å²) in [4.78, 5) is 36.2. The van der Waals surface area contributed by atoms with E-state index in [4.69, 9.17) is 9.47 Å². The Bertz CT molecular complexity index is 871. The molecule has 0 saturated carbocycles. The van der Waals surface area contributed by atoms with Crippen molar-refractivity contribution in [2.45, 2.75) is 32.8 Å². The molecular weight excluding hydrogens is 368 g/mol. The van der Waals surface area contributed by atoms with Crippen molar-refractivity contribution >= 4 is 17.6 Å². The van der Waals surface area contributed by atoms with Gasteiger partial charge in [-0.25, -0.2) is 9.59 Å². The summed E-state index contributed by atoms with van der Waals surface area (Å²) < 4.78 is 9.98. The maximum atomic E-state index is 12.8. The van der Waals surface area contributed by atoms with Gasteiger partial charge in [-0.2, -0.15) is 0 Å². The average Bonchev–Trinajstić information content (AvgIpc) is 2.64. The molecule has 0 amide bonds. The number of allylic oxidation sites excluding steroid dienone is 2. The average molecular weight is 390 g/mol. The Hall–Kier alpha value is -3.20. The summed E-state index contributed by atoms with van der Waals surface area (Å²) in [6, 6.07) is 5.87. The lowest BCUT2D eigenvalue weighted by Gasteiger charge is -2.30. The number of rotatable bonds is 6. The summed E-state index contributed by atoms with van der Waals surface area (Å²) in [6.07, 6.45) is -0.886. The standard InChI is InChI=1S/C19H22N2O7/c1-10(22)9-28-19(24)16-12(3)20-11(2)15(18(23)27-4)17(16)13-7-5-6-8-14(13)21(25)26/h5-8,10,17,20,22H,9H2,1-4H3. The number of carbonyl (C=O) groups is 2. The molecule has 0 radical (unpaired) electrons. The Morgan fingerprint density at radius 1 is 1.21 bits per heavy atom. The van der Waals surface area contributed by atoms with Crippen molar-refractivity contribution in [3.8, 4) is 0 Å². The SMILES string of the molecule is COC(=O)C1=C(C)NC(C)=C(C(=O)OCC(C)O)C1c1ccccc1[N+](=O)[O-]. The number of ether oxygens (including phenoxy) is 2. The first-order chi connectivity index (χ1) is 13.2. The third-order valence-electron chi connectivity index (χ3n) is 4.29. The molecule has 9 heteroatoms. The quantitative estimate of drug-likeness (QED) is 0.428. The van der Waals surface area contributed by atoms with Gasteiger partial charge in [0.25, 0.3) is 5.69 Å². The molecule has 9 nitrogen and oxygen atoms in total. The van der Waals surface area contributed by atoms with Gasteiger partial charge in [0, 0.05) is 23.0 Å². The molecule has 0 saturated heterocycles. The van der Waals surface area contributed by atoms with Gasteiger partial charge in [0.05, 0.1) is 35.2 Å². The van der Waals surface area contributed by atoms with Crippen molar-refractivity contribution in [2.24, 2.45) is 0 Å². The topological polar surface area (TPSA) is 128 Å². The van der Waals surface area contributed by atoms with Crippen molar-refractivity contribution in [3.63, 3.8) is 0 Å². The number of nitro groups is 1. The number of methoxy groups -OCH3 is 1. The summed E-state index contributed by atoms with van der Waals surface area (Å²) in [5, 5.41) is 23.9. The molecule has 28 heavy (non-hydrogen) atoms. The molecule has 1 aliphatic rings. The zero-order valence-corrected chi connectivity index (χ0v) is 16.0. The summed E-state index contributed by atoms with van der Waals surface area (Å²) >= 11 is 0. The first-order valence-corrected chi connectivity index (χ1v) is 8.54. The van der Waals surface area contributed by atoms with Crippen molar-refractivity contribution in [2.75, 3.05) is 13.7 Å². The zero-order chi connectivity index (χ0) is 21.0. The smallest absolute Gasteiger partial charge is 0.336 e. The van der Waals surface area contributed by atoms with Crippen molar-refractivity contribution in [1.82, 2.24) is 5.32 Å². The highest BCUT2D eigenvalue weighted by atomic mass is 16.6. The Labute approximate surface area is 161 Å². The van der Waals surface area contributed by atoms with Crippen LogP contribution in [0.2, 0.25) is 0 Å². The number of carbonyl (C=O) groups excluding carboxylic acids is 2. The molecule has 2 rings (SSSR count). The number of nitrogens with one attached hydrogen (secondary N) is 1. The van der Waals surface area contributed by atoms with E-state index in [-0.39, 0.29) is 29.0 Å². The highest BCUT2D eigenvalue weighted by Crippen LogP contribution is 2.42. The number of nitro benzene ring substituents is 1. The van der Waals surface area contributed by atoms with Crippen LogP contribution in [0.5, 0.6) is 0 Å². The molecule has 2 unspecified atom stereocenters. The first kappa shape index (κ1) is 21.1. The molecule has 0 aliphatic carbocycles. The Morgan fingerprint density at radius 3 is 2.32 bits per heavy atom. The number of nitrogens with zero attached hydrogens (tertiary/aromatic N) is 1. The number of para-hydroxylation sites is 1. The lowest BCUT2D eigenvalue weighted by molar-refractivity contribution is -0.385. The van der Waals surface area contributed by atoms with Crippen LogP contribution in [0.3, 0.4) is 0 Å². The van der Waals surface area contributed by atoms with Gasteiger partial charge in [0.15, 0.2) is 0 Å². The van der Waals surface area contributed by atoms with E-state index < -0.39 is 28.9 Å².